The third-order valence-electron chi connectivity index (χ3n) is 2.84. The molecule has 116 valence electrons. The van der Waals surface area contributed by atoms with E-state index in [1.54, 1.807) is 0 Å². The van der Waals surface area contributed by atoms with E-state index in [0.717, 1.165) is 12.1 Å². The first-order chi connectivity index (χ1) is 9.76. The van der Waals surface area contributed by atoms with Crippen molar-refractivity contribution in [2.45, 2.75) is 26.3 Å². The average Bonchev–Trinajstić information content (AvgIpc) is 2.38. The van der Waals surface area contributed by atoms with Gasteiger partial charge in [-0.3, -0.25) is 10.1 Å². The Morgan fingerprint density at radius 1 is 1.48 bits per heavy atom. The van der Waals surface area contributed by atoms with Gasteiger partial charge in [-0.1, -0.05) is 25.4 Å². The molecule has 8 heteroatoms. The van der Waals surface area contributed by atoms with Crippen molar-refractivity contribution in [3.63, 3.8) is 0 Å². The molecule has 0 saturated carbocycles. The van der Waals surface area contributed by atoms with Gasteiger partial charge in [-0.2, -0.15) is 0 Å². The van der Waals surface area contributed by atoms with Gasteiger partial charge in [0, 0.05) is 18.2 Å². The van der Waals surface area contributed by atoms with Crippen molar-refractivity contribution in [1.82, 2.24) is 0 Å². The molecule has 1 atom stereocenters. The van der Waals surface area contributed by atoms with E-state index in [2.05, 4.69) is 5.32 Å². The molecule has 0 aromatic heterocycles. The number of hydrogen-bond donors (Lipinski definition) is 3. The predicted octanol–water partition coefficient (Wildman–Crippen LogP) is 2.77. The second-order valence-corrected chi connectivity index (χ2v) is 5.47. The van der Waals surface area contributed by atoms with E-state index in [1.165, 1.54) is 0 Å². The summed E-state index contributed by atoms with van der Waals surface area (Å²) < 4.78 is 0. The number of aromatic carboxylic acids is 1. The third-order valence-corrected chi connectivity index (χ3v) is 3.14. The van der Waals surface area contributed by atoms with E-state index in [1.807, 2.05) is 13.8 Å². The summed E-state index contributed by atoms with van der Waals surface area (Å²) in [5, 5.41) is 32.1. The van der Waals surface area contributed by atoms with E-state index >= 15 is 0 Å². The normalized spacial score (nSPS) is 12.2. The summed E-state index contributed by atoms with van der Waals surface area (Å²) in [5.74, 6) is -1.05. The minimum absolute atomic E-state index is 0.0659. The molecule has 0 radical (unpaired) electrons. The van der Waals surface area contributed by atoms with Crippen LogP contribution in [0.4, 0.5) is 11.4 Å². The first kappa shape index (κ1) is 17.2. The number of carboxylic acids is 1. The molecular formula is C13H17ClN2O5. The topological polar surface area (TPSA) is 113 Å². The molecule has 1 unspecified atom stereocenters. The van der Waals surface area contributed by atoms with Crippen LogP contribution in [0.15, 0.2) is 12.1 Å². The lowest BCUT2D eigenvalue weighted by Gasteiger charge is -2.21. The Morgan fingerprint density at radius 3 is 2.52 bits per heavy atom. The number of carbonyl (C=O) groups is 1. The van der Waals surface area contributed by atoms with E-state index < -0.39 is 16.6 Å². The maximum atomic E-state index is 11.3. The van der Waals surface area contributed by atoms with Crippen molar-refractivity contribution < 1.29 is 19.9 Å². The number of nitrogens with one attached hydrogen (secondary N) is 1. The third kappa shape index (κ3) is 4.57. The summed E-state index contributed by atoms with van der Waals surface area (Å²) in [7, 11) is 0. The van der Waals surface area contributed by atoms with Gasteiger partial charge in [-0.05, 0) is 12.3 Å². The number of aliphatic hydroxyl groups is 1. The molecule has 0 fully saturated rings. The maximum Gasteiger partial charge on any atom is 0.338 e. The predicted molar refractivity (Wildman–Crippen MR) is 79.0 cm³/mol. The van der Waals surface area contributed by atoms with Crippen molar-refractivity contribution in [3.8, 4) is 0 Å². The number of anilines is 1. The van der Waals surface area contributed by atoms with Crippen LogP contribution in [-0.4, -0.2) is 33.8 Å². The van der Waals surface area contributed by atoms with Crippen LogP contribution in [0.2, 0.25) is 5.02 Å². The van der Waals surface area contributed by atoms with Crippen LogP contribution in [0.5, 0.6) is 0 Å². The highest BCUT2D eigenvalue weighted by Crippen LogP contribution is 2.32. The number of non-ortho nitro benzene ring substituents is 1. The fourth-order valence-corrected chi connectivity index (χ4v) is 2.23. The van der Waals surface area contributed by atoms with Crippen LogP contribution >= 0.6 is 11.6 Å². The van der Waals surface area contributed by atoms with Crippen molar-refractivity contribution in [2.75, 3.05) is 11.9 Å². The minimum atomic E-state index is -1.33. The summed E-state index contributed by atoms with van der Waals surface area (Å²) in [5.41, 5.74) is -0.613. The second-order valence-electron chi connectivity index (χ2n) is 5.07. The molecule has 21 heavy (non-hydrogen) atoms. The largest absolute Gasteiger partial charge is 0.478 e. The Hall–Kier alpha value is -1.86. The number of hydrogen-bond acceptors (Lipinski definition) is 5. The van der Waals surface area contributed by atoms with Crippen LogP contribution < -0.4 is 5.32 Å². The summed E-state index contributed by atoms with van der Waals surface area (Å²) >= 11 is 5.95. The molecule has 0 bridgehead atoms. The van der Waals surface area contributed by atoms with Crippen molar-refractivity contribution >= 4 is 28.9 Å². The van der Waals surface area contributed by atoms with Crippen LogP contribution in [-0.2, 0) is 0 Å². The number of nitro benzene ring substituents is 1. The number of benzene rings is 1. The van der Waals surface area contributed by atoms with Gasteiger partial charge in [0.1, 0.15) is 0 Å². The van der Waals surface area contributed by atoms with Gasteiger partial charge >= 0.3 is 5.97 Å². The highest BCUT2D eigenvalue weighted by molar-refractivity contribution is 6.34. The fourth-order valence-electron chi connectivity index (χ4n) is 1.97. The molecule has 0 aliphatic carbocycles. The van der Waals surface area contributed by atoms with E-state index in [9.17, 15) is 25.1 Å². The molecular weight excluding hydrogens is 300 g/mol. The van der Waals surface area contributed by atoms with Gasteiger partial charge in [0.15, 0.2) is 0 Å². The molecule has 7 nitrogen and oxygen atoms in total. The number of aliphatic hydroxyl groups excluding tert-OH is 1. The Morgan fingerprint density at radius 2 is 2.10 bits per heavy atom. The van der Waals surface area contributed by atoms with Crippen molar-refractivity contribution in [1.29, 1.82) is 0 Å². The molecule has 1 aromatic rings. The lowest BCUT2D eigenvalue weighted by molar-refractivity contribution is -0.384. The van der Waals surface area contributed by atoms with E-state index in [-0.39, 0.29) is 34.8 Å². The van der Waals surface area contributed by atoms with Gasteiger partial charge in [0.05, 0.1) is 27.8 Å². The number of rotatable bonds is 7. The molecule has 0 spiro atoms. The Balaban J connectivity index is 3.21. The number of nitro groups is 1. The molecule has 0 heterocycles. The van der Waals surface area contributed by atoms with Crippen LogP contribution in [0.1, 0.15) is 30.6 Å². The molecule has 0 aliphatic rings. The highest BCUT2D eigenvalue weighted by Gasteiger charge is 2.22. The summed E-state index contributed by atoms with van der Waals surface area (Å²) in [6.07, 6.45) is 0.600. The fraction of sp³-hybridized carbons (Fsp3) is 0.462. The Bertz CT molecular complexity index is 548. The smallest absolute Gasteiger partial charge is 0.338 e. The Kier molecular flexibility index (Phi) is 5.92. The standard InChI is InChI=1S/C13H17ClN2O5/c1-7(2)3-8(6-17)15-12-10(13(18)19)4-9(16(20)21)5-11(12)14/h4-5,7-8,15,17H,3,6H2,1-2H3,(H,18,19). The van der Waals surface area contributed by atoms with Crippen molar-refractivity contribution in [3.05, 3.63) is 32.8 Å². The van der Waals surface area contributed by atoms with E-state index in [0.29, 0.717) is 6.42 Å². The number of nitrogens with zero attached hydrogens (tertiary/aromatic N) is 1. The first-order valence-corrected chi connectivity index (χ1v) is 6.72. The van der Waals surface area contributed by atoms with Crippen molar-refractivity contribution in [2.24, 2.45) is 5.92 Å². The molecule has 1 aromatic carbocycles. The summed E-state index contributed by atoms with van der Waals surface area (Å²) in [6.45, 7) is 3.71. The van der Waals surface area contributed by atoms with Crippen LogP contribution in [0.3, 0.4) is 0 Å². The summed E-state index contributed by atoms with van der Waals surface area (Å²) in [6, 6.07) is 1.64. The second kappa shape index (κ2) is 7.24. The summed E-state index contributed by atoms with van der Waals surface area (Å²) in [4.78, 5) is 21.3. The van der Waals surface area contributed by atoms with Crippen LogP contribution in [0, 0.1) is 16.0 Å². The van der Waals surface area contributed by atoms with Crippen LogP contribution in [0.25, 0.3) is 0 Å². The molecule has 0 aliphatic heterocycles. The quantitative estimate of drug-likeness (QED) is 0.526. The van der Waals surface area contributed by atoms with Gasteiger partial charge in [0.2, 0.25) is 0 Å². The van der Waals surface area contributed by atoms with E-state index in [4.69, 9.17) is 11.6 Å². The zero-order valence-electron chi connectivity index (χ0n) is 11.7. The zero-order chi connectivity index (χ0) is 16.2. The lowest BCUT2D eigenvalue weighted by Crippen LogP contribution is -2.27. The van der Waals surface area contributed by atoms with Gasteiger partial charge in [-0.25, -0.2) is 4.79 Å². The average molecular weight is 317 g/mol. The lowest BCUT2D eigenvalue weighted by atomic mass is 10.0. The molecule has 1 rings (SSSR count). The maximum absolute atomic E-state index is 11.3. The van der Waals surface area contributed by atoms with Gasteiger partial charge in [0.25, 0.3) is 5.69 Å². The molecule has 3 N–H and O–H groups in total. The SMILES string of the molecule is CC(C)CC(CO)Nc1c(Cl)cc([N+](=O)[O-])cc1C(=O)O. The molecule has 0 saturated heterocycles. The Labute approximate surface area is 126 Å². The monoisotopic (exact) mass is 316 g/mol. The first-order valence-electron chi connectivity index (χ1n) is 6.34. The zero-order valence-corrected chi connectivity index (χ0v) is 12.4. The molecule has 0 amide bonds. The number of carboxylic acid groups (broad SMARTS) is 1. The van der Waals surface area contributed by atoms with Gasteiger partial charge in [-0.15, -0.1) is 0 Å². The van der Waals surface area contributed by atoms with Gasteiger partial charge < -0.3 is 15.5 Å². The highest BCUT2D eigenvalue weighted by atomic mass is 35.5. The number of halogens is 1. The minimum Gasteiger partial charge on any atom is -0.478 e.